The normalized spacial score (nSPS) is 10.4. The predicted octanol–water partition coefficient (Wildman–Crippen LogP) is 2.55. The van der Waals surface area contributed by atoms with Gasteiger partial charge in [0.2, 0.25) is 0 Å². The molecule has 1 N–H and O–H groups in total. The molecule has 0 atom stereocenters. The summed E-state index contributed by atoms with van der Waals surface area (Å²) in [6.07, 6.45) is 1.80. The largest absolute Gasteiger partial charge is 0.508 e. The SMILES string of the molecule is Oc1ccc(-n2cc(COc3ccccc3)nn2)cc1. The fourth-order valence-corrected chi connectivity index (χ4v) is 1.77. The van der Waals surface area contributed by atoms with Gasteiger partial charge in [-0.25, -0.2) is 4.68 Å². The molecule has 1 heterocycles. The van der Waals surface area contributed by atoms with Gasteiger partial charge in [-0.2, -0.15) is 0 Å². The third kappa shape index (κ3) is 2.77. The van der Waals surface area contributed by atoms with Gasteiger partial charge >= 0.3 is 0 Å². The van der Waals surface area contributed by atoms with Gasteiger partial charge in [0.25, 0.3) is 0 Å². The first-order valence-corrected chi connectivity index (χ1v) is 6.20. The molecule has 3 rings (SSSR count). The lowest BCUT2D eigenvalue weighted by atomic mass is 10.3. The number of ether oxygens (including phenoxy) is 1. The maximum atomic E-state index is 9.25. The van der Waals surface area contributed by atoms with E-state index in [-0.39, 0.29) is 5.75 Å². The number of aromatic nitrogens is 3. The van der Waals surface area contributed by atoms with Crippen LogP contribution in [0.1, 0.15) is 5.69 Å². The Morgan fingerprint density at radius 2 is 1.75 bits per heavy atom. The Labute approximate surface area is 116 Å². The zero-order chi connectivity index (χ0) is 13.8. The number of hydrogen-bond acceptors (Lipinski definition) is 4. The maximum absolute atomic E-state index is 9.25. The van der Waals surface area contributed by atoms with Crippen molar-refractivity contribution in [3.05, 3.63) is 66.5 Å². The Morgan fingerprint density at radius 3 is 2.50 bits per heavy atom. The lowest BCUT2D eigenvalue weighted by Crippen LogP contribution is -1.95. The Kier molecular flexibility index (Phi) is 3.33. The highest BCUT2D eigenvalue weighted by Gasteiger charge is 2.03. The van der Waals surface area contributed by atoms with E-state index >= 15 is 0 Å². The number of nitrogens with zero attached hydrogens (tertiary/aromatic N) is 3. The molecule has 0 spiro atoms. The molecule has 1 aromatic heterocycles. The lowest BCUT2D eigenvalue weighted by Gasteiger charge is -2.02. The van der Waals surface area contributed by atoms with Crippen LogP contribution in [0.25, 0.3) is 5.69 Å². The van der Waals surface area contributed by atoms with E-state index in [1.807, 2.05) is 30.3 Å². The molecule has 0 unspecified atom stereocenters. The molecule has 0 bridgehead atoms. The van der Waals surface area contributed by atoms with Gasteiger partial charge in [-0.3, -0.25) is 0 Å². The van der Waals surface area contributed by atoms with Gasteiger partial charge in [0, 0.05) is 0 Å². The number of para-hydroxylation sites is 1. The first kappa shape index (κ1) is 12.2. The van der Waals surface area contributed by atoms with Crippen molar-refractivity contribution in [2.45, 2.75) is 6.61 Å². The van der Waals surface area contributed by atoms with E-state index in [1.54, 1.807) is 35.1 Å². The zero-order valence-corrected chi connectivity index (χ0v) is 10.7. The number of phenols is 1. The summed E-state index contributed by atoms with van der Waals surface area (Å²) in [4.78, 5) is 0. The monoisotopic (exact) mass is 267 g/mol. The molecule has 5 heteroatoms. The van der Waals surface area contributed by atoms with E-state index in [4.69, 9.17) is 4.74 Å². The minimum atomic E-state index is 0.224. The van der Waals surface area contributed by atoms with Crippen LogP contribution < -0.4 is 4.74 Å². The van der Waals surface area contributed by atoms with Crippen LogP contribution in [0.2, 0.25) is 0 Å². The highest BCUT2D eigenvalue weighted by molar-refractivity contribution is 5.35. The van der Waals surface area contributed by atoms with Crippen LogP contribution in [-0.2, 0) is 6.61 Å². The van der Waals surface area contributed by atoms with E-state index < -0.39 is 0 Å². The maximum Gasteiger partial charge on any atom is 0.134 e. The van der Waals surface area contributed by atoms with Gasteiger partial charge in [0.1, 0.15) is 23.8 Å². The van der Waals surface area contributed by atoms with Gasteiger partial charge in [0.05, 0.1) is 11.9 Å². The van der Waals surface area contributed by atoms with Crippen molar-refractivity contribution >= 4 is 0 Å². The molecule has 3 aromatic rings. The topological polar surface area (TPSA) is 60.2 Å². The molecule has 0 saturated heterocycles. The van der Waals surface area contributed by atoms with Crippen molar-refractivity contribution in [3.63, 3.8) is 0 Å². The fourth-order valence-electron chi connectivity index (χ4n) is 1.77. The van der Waals surface area contributed by atoms with Crippen molar-refractivity contribution in [2.75, 3.05) is 0 Å². The highest BCUT2D eigenvalue weighted by atomic mass is 16.5. The quantitative estimate of drug-likeness (QED) is 0.789. The molecule has 0 amide bonds. The summed E-state index contributed by atoms with van der Waals surface area (Å²) in [5, 5.41) is 17.3. The molecule has 2 aromatic carbocycles. The number of benzene rings is 2. The Balaban J connectivity index is 1.69. The number of rotatable bonds is 4. The van der Waals surface area contributed by atoms with Crippen molar-refractivity contribution in [1.29, 1.82) is 0 Å². The second kappa shape index (κ2) is 5.44. The molecule has 0 saturated carbocycles. The van der Waals surface area contributed by atoms with E-state index in [9.17, 15) is 5.11 Å². The molecular weight excluding hydrogens is 254 g/mol. The van der Waals surface area contributed by atoms with E-state index in [1.165, 1.54) is 0 Å². The summed E-state index contributed by atoms with van der Waals surface area (Å²) >= 11 is 0. The van der Waals surface area contributed by atoms with Gasteiger partial charge in [-0.1, -0.05) is 23.4 Å². The second-order valence-corrected chi connectivity index (χ2v) is 4.27. The molecule has 0 aliphatic heterocycles. The Morgan fingerprint density at radius 1 is 1.00 bits per heavy atom. The highest BCUT2D eigenvalue weighted by Crippen LogP contribution is 2.14. The Hall–Kier alpha value is -2.82. The molecule has 5 nitrogen and oxygen atoms in total. The molecule has 0 aliphatic rings. The van der Waals surface area contributed by atoms with Crippen molar-refractivity contribution in [2.24, 2.45) is 0 Å². The summed E-state index contributed by atoms with van der Waals surface area (Å²) in [7, 11) is 0. The summed E-state index contributed by atoms with van der Waals surface area (Å²) in [5.74, 6) is 1.02. The number of aromatic hydroxyl groups is 1. The standard InChI is InChI=1S/C15H13N3O2/c19-14-8-6-13(7-9-14)18-10-12(16-17-18)11-20-15-4-2-1-3-5-15/h1-10,19H,11H2. The van der Waals surface area contributed by atoms with E-state index in [0.29, 0.717) is 6.61 Å². The molecule has 20 heavy (non-hydrogen) atoms. The van der Waals surface area contributed by atoms with Gasteiger partial charge in [-0.15, -0.1) is 5.10 Å². The fraction of sp³-hybridized carbons (Fsp3) is 0.0667. The van der Waals surface area contributed by atoms with Crippen LogP contribution in [0, 0.1) is 0 Å². The summed E-state index contributed by atoms with van der Waals surface area (Å²) in [6, 6.07) is 16.3. The third-order valence-electron chi connectivity index (χ3n) is 2.79. The Bertz CT molecular complexity index is 678. The van der Waals surface area contributed by atoms with Crippen LogP contribution >= 0.6 is 0 Å². The predicted molar refractivity (Wildman–Crippen MR) is 73.8 cm³/mol. The number of hydrogen-bond donors (Lipinski definition) is 1. The van der Waals surface area contributed by atoms with Crippen LogP contribution in [-0.4, -0.2) is 20.1 Å². The van der Waals surface area contributed by atoms with Crippen LogP contribution in [0.3, 0.4) is 0 Å². The first-order chi connectivity index (χ1) is 9.81. The van der Waals surface area contributed by atoms with Gasteiger partial charge in [-0.05, 0) is 36.4 Å². The first-order valence-electron chi connectivity index (χ1n) is 6.20. The van der Waals surface area contributed by atoms with Gasteiger partial charge < -0.3 is 9.84 Å². The van der Waals surface area contributed by atoms with Crippen LogP contribution in [0.15, 0.2) is 60.8 Å². The molecule has 0 fully saturated rings. The van der Waals surface area contributed by atoms with Gasteiger partial charge in [0.15, 0.2) is 0 Å². The lowest BCUT2D eigenvalue weighted by molar-refractivity contribution is 0.301. The average Bonchev–Trinajstić information content (AvgIpc) is 2.96. The van der Waals surface area contributed by atoms with Crippen molar-refractivity contribution < 1.29 is 9.84 Å². The number of phenolic OH excluding ortho intramolecular Hbond substituents is 1. The second-order valence-electron chi connectivity index (χ2n) is 4.27. The average molecular weight is 267 g/mol. The molecule has 0 radical (unpaired) electrons. The van der Waals surface area contributed by atoms with E-state index in [2.05, 4.69) is 10.3 Å². The summed E-state index contributed by atoms with van der Waals surface area (Å²) < 4.78 is 7.25. The molecular formula is C15H13N3O2. The zero-order valence-electron chi connectivity index (χ0n) is 10.7. The molecule has 0 aliphatic carbocycles. The van der Waals surface area contributed by atoms with Crippen LogP contribution in [0.4, 0.5) is 0 Å². The summed E-state index contributed by atoms with van der Waals surface area (Å²) in [5.41, 5.74) is 1.57. The van der Waals surface area contributed by atoms with Crippen molar-refractivity contribution in [1.82, 2.24) is 15.0 Å². The van der Waals surface area contributed by atoms with Crippen molar-refractivity contribution in [3.8, 4) is 17.2 Å². The third-order valence-corrected chi connectivity index (χ3v) is 2.79. The minimum Gasteiger partial charge on any atom is -0.508 e. The minimum absolute atomic E-state index is 0.224. The van der Waals surface area contributed by atoms with Crippen LogP contribution in [0.5, 0.6) is 11.5 Å². The molecule has 100 valence electrons. The summed E-state index contributed by atoms with van der Waals surface area (Å²) in [6.45, 7) is 0.363. The van der Waals surface area contributed by atoms with E-state index in [0.717, 1.165) is 17.1 Å². The smallest absolute Gasteiger partial charge is 0.134 e.